The molecule has 1 rings (SSSR count). The van der Waals surface area contributed by atoms with Crippen molar-refractivity contribution < 1.29 is 13.2 Å². The van der Waals surface area contributed by atoms with Crippen LogP contribution in [0.15, 0.2) is 23.1 Å². The van der Waals surface area contributed by atoms with Gasteiger partial charge in [0.2, 0.25) is 10.0 Å². The maximum atomic E-state index is 12.4. The molecule has 1 aromatic rings. The number of sulfonamides is 1. The molecule has 0 amide bonds. The monoisotopic (exact) mass is 296 g/mol. The van der Waals surface area contributed by atoms with Crippen molar-refractivity contribution in [2.75, 3.05) is 20.7 Å². The highest BCUT2D eigenvalue weighted by molar-refractivity contribution is 7.89. The highest BCUT2D eigenvalue weighted by atomic mass is 32.2. The first-order chi connectivity index (χ1) is 9.34. The number of nitrogens with two attached hydrogens (primary N) is 1. The Balaban J connectivity index is 3.34. The Hall–Kier alpha value is -1.55. The molecule has 0 aromatic heterocycles. The number of hydrogen-bond acceptors (Lipinski definition) is 4. The molecule has 20 heavy (non-hydrogen) atoms. The molecule has 0 aliphatic carbocycles. The fourth-order valence-corrected chi connectivity index (χ4v) is 2.93. The van der Waals surface area contributed by atoms with E-state index in [1.165, 1.54) is 23.5 Å². The Morgan fingerprint density at radius 2 is 2.05 bits per heavy atom. The second kappa shape index (κ2) is 6.75. The third-order valence-electron chi connectivity index (χ3n) is 2.90. The summed E-state index contributed by atoms with van der Waals surface area (Å²) in [5, 5.41) is 0. The van der Waals surface area contributed by atoms with Crippen LogP contribution in [0.1, 0.15) is 19.4 Å². The summed E-state index contributed by atoms with van der Waals surface area (Å²) in [5.41, 5.74) is 5.85. The molecule has 110 valence electrons. The predicted octanol–water partition coefficient (Wildman–Crippen LogP) is 1.03. The zero-order valence-electron chi connectivity index (χ0n) is 12.2. The fraction of sp³-hybridized carbons (Fsp3) is 0.429. The van der Waals surface area contributed by atoms with Crippen LogP contribution >= 0.6 is 0 Å². The lowest BCUT2D eigenvalue weighted by Crippen LogP contribution is -2.33. The summed E-state index contributed by atoms with van der Waals surface area (Å²) >= 11 is 0. The summed E-state index contributed by atoms with van der Waals surface area (Å²) in [6.45, 7) is 3.83. The molecule has 5 nitrogen and oxygen atoms in total. The van der Waals surface area contributed by atoms with Crippen LogP contribution in [0, 0.1) is 11.8 Å². The van der Waals surface area contributed by atoms with Crippen LogP contribution < -0.4 is 10.5 Å². The Labute approximate surface area is 120 Å². The van der Waals surface area contributed by atoms with E-state index in [4.69, 9.17) is 10.5 Å². The van der Waals surface area contributed by atoms with E-state index >= 15 is 0 Å². The summed E-state index contributed by atoms with van der Waals surface area (Å²) in [6, 6.07) is 4.50. The molecule has 6 heteroatoms. The van der Waals surface area contributed by atoms with Gasteiger partial charge in [-0.05, 0) is 32.0 Å². The van der Waals surface area contributed by atoms with E-state index < -0.39 is 10.0 Å². The third kappa shape index (κ3) is 3.51. The van der Waals surface area contributed by atoms with Crippen LogP contribution in [-0.2, 0) is 10.0 Å². The lowest BCUT2D eigenvalue weighted by atomic mass is 10.2. The van der Waals surface area contributed by atoms with Crippen molar-refractivity contribution in [1.82, 2.24) is 4.31 Å². The summed E-state index contributed by atoms with van der Waals surface area (Å²) < 4.78 is 31.3. The third-order valence-corrected chi connectivity index (χ3v) is 4.93. The first-order valence-electron chi connectivity index (χ1n) is 6.19. The van der Waals surface area contributed by atoms with Gasteiger partial charge in [-0.15, -0.1) is 0 Å². The quantitative estimate of drug-likeness (QED) is 0.843. The fourth-order valence-electron chi connectivity index (χ4n) is 1.54. The number of benzene rings is 1. The SMILES string of the molecule is COc1ccc(S(=O)(=O)N(C)C(C)C)cc1C#CCN. The van der Waals surface area contributed by atoms with Crippen LogP contribution in [0.3, 0.4) is 0 Å². The van der Waals surface area contributed by atoms with Crippen LogP contribution in [-0.4, -0.2) is 39.5 Å². The molecule has 0 spiro atoms. The van der Waals surface area contributed by atoms with Crippen molar-refractivity contribution in [3.63, 3.8) is 0 Å². The molecule has 1 aromatic carbocycles. The van der Waals surface area contributed by atoms with E-state index in [-0.39, 0.29) is 17.5 Å². The normalized spacial score (nSPS) is 11.3. The van der Waals surface area contributed by atoms with Gasteiger partial charge in [0.25, 0.3) is 0 Å². The number of nitrogens with zero attached hydrogens (tertiary/aromatic N) is 1. The van der Waals surface area contributed by atoms with E-state index in [0.29, 0.717) is 11.3 Å². The van der Waals surface area contributed by atoms with Crippen molar-refractivity contribution in [3.05, 3.63) is 23.8 Å². The van der Waals surface area contributed by atoms with E-state index in [2.05, 4.69) is 11.8 Å². The summed E-state index contributed by atoms with van der Waals surface area (Å²) in [4.78, 5) is 0.191. The molecule has 0 saturated carbocycles. The molecule has 0 radical (unpaired) electrons. The second-order valence-electron chi connectivity index (χ2n) is 4.48. The molecule has 0 saturated heterocycles. The summed E-state index contributed by atoms with van der Waals surface area (Å²) in [6.07, 6.45) is 0. The van der Waals surface area contributed by atoms with Crippen molar-refractivity contribution in [1.29, 1.82) is 0 Å². The summed E-state index contributed by atoms with van der Waals surface area (Å²) in [7, 11) is -0.470. The van der Waals surface area contributed by atoms with Gasteiger partial charge in [-0.25, -0.2) is 8.42 Å². The van der Waals surface area contributed by atoms with Gasteiger partial charge >= 0.3 is 0 Å². The van der Waals surface area contributed by atoms with Gasteiger partial charge in [-0.1, -0.05) is 11.8 Å². The second-order valence-corrected chi connectivity index (χ2v) is 6.48. The average Bonchev–Trinajstić information content (AvgIpc) is 2.43. The highest BCUT2D eigenvalue weighted by Crippen LogP contribution is 2.24. The molecule has 2 N–H and O–H groups in total. The van der Waals surface area contributed by atoms with Crippen LogP contribution in [0.25, 0.3) is 0 Å². The van der Waals surface area contributed by atoms with Gasteiger partial charge in [0.05, 0.1) is 24.1 Å². The van der Waals surface area contributed by atoms with Gasteiger partial charge in [-0.3, -0.25) is 0 Å². The van der Waals surface area contributed by atoms with Gasteiger partial charge in [0.15, 0.2) is 0 Å². The Morgan fingerprint density at radius 3 is 2.55 bits per heavy atom. The van der Waals surface area contributed by atoms with Crippen LogP contribution in [0.4, 0.5) is 0 Å². The minimum absolute atomic E-state index is 0.124. The van der Waals surface area contributed by atoms with E-state index in [1.54, 1.807) is 13.1 Å². The molecule has 0 unspecified atom stereocenters. The molecule has 0 heterocycles. The topological polar surface area (TPSA) is 72.6 Å². The first-order valence-corrected chi connectivity index (χ1v) is 7.63. The summed E-state index contributed by atoms with van der Waals surface area (Å²) in [5.74, 6) is 6.05. The largest absolute Gasteiger partial charge is 0.495 e. The number of hydrogen-bond donors (Lipinski definition) is 1. The molecular formula is C14H20N2O3S. The number of methoxy groups -OCH3 is 1. The molecule has 0 bridgehead atoms. The smallest absolute Gasteiger partial charge is 0.243 e. The molecule has 0 atom stereocenters. The van der Waals surface area contributed by atoms with Crippen molar-refractivity contribution in [2.24, 2.45) is 5.73 Å². The maximum Gasteiger partial charge on any atom is 0.243 e. The molecule has 0 aliphatic rings. The lowest BCUT2D eigenvalue weighted by Gasteiger charge is -2.21. The van der Waals surface area contributed by atoms with Gasteiger partial charge < -0.3 is 10.5 Å². The zero-order chi connectivity index (χ0) is 15.3. The highest BCUT2D eigenvalue weighted by Gasteiger charge is 2.23. The van der Waals surface area contributed by atoms with E-state index in [0.717, 1.165) is 0 Å². The number of rotatable bonds is 4. The molecular weight excluding hydrogens is 276 g/mol. The minimum Gasteiger partial charge on any atom is -0.495 e. The van der Waals surface area contributed by atoms with Gasteiger partial charge in [-0.2, -0.15) is 4.31 Å². The Morgan fingerprint density at radius 1 is 1.40 bits per heavy atom. The standard InChI is InChI=1S/C14H20N2O3S/c1-11(2)16(3)20(17,18)13-7-8-14(19-4)12(10-13)6-5-9-15/h7-8,10-11H,9,15H2,1-4H3. The van der Waals surface area contributed by atoms with Crippen molar-refractivity contribution in [3.8, 4) is 17.6 Å². The van der Waals surface area contributed by atoms with Crippen molar-refractivity contribution in [2.45, 2.75) is 24.8 Å². The van der Waals surface area contributed by atoms with Crippen LogP contribution in [0.5, 0.6) is 5.75 Å². The van der Waals surface area contributed by atoms with E-state index in [9.17, 15) is 8.42 Å². The average molecular weight is 296 g/mol. The van der Waals surface area contributed by atoms with Gasteiger partial charge in [0, 0.05) is 13.1 Å². The Bertz CT molecular complexity index is 628. The minimum atomic E-state index is -3.53. The van der Waals surface area contributed by atoms with Crippen LogP contribution in [0.2, 0.25) is 0 Å². The molecule has 0 fully saturated rings. The molecule has 0 aliphatic heterocycles. The predicted molar refractivity (Wildman–Crippen MR) is 79.0 cm³/mol. The van der Waals surface area contributed by atoms with Crippen molar-refractivity contribution >= 4 is 10.0 Å². The lowest BCUT2D eigenvalue weighted by molar-refractivity contribution is 0.408. The Kier molecular flexibility index (Phi) is 5.57. The first kappa shape index (κ1) is 16.5. The zero-order valence-corrected chi connectivity index (χ0v) is 13.0. The number of ether oxygens (including phenoxy) is 1. The van der Waals surface area contributed by atoms with E-state index in [1.807, 2.05) is 13.8 Å². The maximum absolute atomic E-state index is 12.4. The van der Waals surface area contributed by atoms with Gasteiger partial charge in [0.1, 0.15) is 5.75 Å².